The Morgan fingerprint density at radius 3 is 1.79 bits per heavy atom. The molecule has 3 heterocycles. The molecule has 0 bridgehead atoms. The van der Waals surface area contributed by atoms with Crippen molar-refractivity contribution in [1.82, 2.24) is 0 Å². The number of phenolic OH excluding ortho intramolecular Hbond substituents is 2. The van der Waals surface area contributed by atoms with E-state index in [-0.39, 0.29) is 16.9 Å². The van der Waals surface area contributed by atoms with Crippen LogP contribution in [0.3, 0.4) is 0 Å². The maximum absolute atomic E-state index is 13.8. The minimum Gasteiger partial charge on any atom is -0.504 e. The zero-order valence-corrected chi connectivity index (χ0v) is 23.1. The molecule has 0 spiro atoms. The minimum absolute atomic E-state index is 0.221. The molecule has 234 valence electrons. The van der Waals surface area contributed by atoms with Gasteiger partial charge in [-0.15, -0.1) is 0 Å². The number of phenols is 2. The number of aromatic hydroxyl groups is 2. The summed E-state index contributed by atoms with van der Waals surface area (Å²) >= 11 is 0. The fraction of sp³-hybridized carbons (Fsp3) is 0.464. The van der Waals surface area contributed by atoms with Crippen LogP contribution >= 0.6 is 0 Å². The number of benzene rings is 2. The maximum Gasteiger partial charge on any atom is 0.239 e. The van der Waals surface area contributed by atoms with Crippen LogP contribution in [0.4, 0.5) is 0 Å². The van der Waals surface area contributed by atoms with Gasteiger partial charge in [-0.05, 0) is 38.1 Å². The number of aliphatic hydroxyl groups is 6. The Kier molecular flexibility index (Phi) is 8.43. The summed E-state index contributed by atoms with van der Waals surface area (Å²) in [6, 6.07) is 7.20. The topological polar surface area (TPSA) is 238 Å². The lowest BCUT2D eigenvalue weighted by Gasteiger charge is -2.39. The van der Waals surface area contributed by atoms with E-state index in [1.165, 1.54) is 33.1 Å². The van der Waals surface area contributed by atoms with Crippen LogP contribution in [0.25, 0.3) is 22.3 Å². The predicted molar refractivity (Wildman–Crippen MR) is 144 cm³/mol. The first-order valence-corrected chi connectivity index (χ1v) is 13.3. The van der Waals surface area contributed by atoms with Crippen LogP contribution in [0.15, 0.2) is 39.5 Å². The van der Waals surface area contributed by atoms with Crippen molar-refractivity contribution in [3.05, 3.63) is 40.6 Å². The van der Waals surface area contributed by atoms with Gasteiger partial charge in [-0.3, -0.25) is 4.79 Å². The summed E-state index contributed by atoms with van der Waals surface area (Å²) in [5.74, 6) is -2.77. The third-order valence-electron chi connectivity index (χ3n) is 7.50. The second kappa shape index (κ2) is 11.8. The number of rotatable bonds is 6. The molecule has 0 amide bonds. The number of fused-ring (bicyclic) bond motifs is 1. The van der Waals surface area contributed by atoms with E-state index in [2.05, 4.69) is 0 Å². The fourth-order valence-electron chi connectivity index (χ4n) is 4.88. The molecular formula is C28H32O15. The van der Waals surface area contributed by atoms with Crippen LogP contribution in [0.1, 0.15) is 13.8 Å². The molecule has 3 aromatic rings. The van der Waals surface area contributed by atoms with Gasteiger partial charge in [-0.1, -0.05) is 0 Å². The number of hydrogen-bond donors (Lipinski definition) is 8. The van der Waals surface area contributed by atoms with Gasteiger partial charge in [0.25, 0.3) is 0 Å². The van der Waals surface area contributed by atoms with Crippen molar-refractivity contribution in [3.8, 4) is 40.1 Å². The largest absolute Gasteiger partial charge is 0.504 e. The van der Waals surface area contributed by atoms with Crippen LogP contribution in [0, 0.1) is 0 Å². The molecule has 2 aliphatic rings. The van der Waals surface area contributed by atoms with Gasteiger partial charge in [0.1, 0.15) is 53.3 Å². The SMILES string of the molecule is COc1ccc(-c2oc3cc(O[C@@H]4O[C@@H](C)[C@H](O)[C@@H](O)[C@H]4O)c(O)c(O)c3c(=O)c2O[C@@H]2O[C@@H](C)[C@H](O)[C@@H](O)[C@H]2O)cc1. The van der Waals surface area contributed by atoms with E-state index in [4.69, 9.17) is 28.1 Å². The second-order valence-corrected chi connectivity index (χ2v) is 10.4. The van der Waals surface area contributed by atoms with Crippen molar-refractivity contribution >= 4 is 11.0 Å². The van der Waals surface area contributed by atoms with Gasteiger partial charge in [0, 0.05) is 11.6 Å². The average Bonchev–Trinajstić information content (AvgIpc) is 2.99. The Balaban J connectivity index is 1.63. The van der Waals surface area contributed by atoms with Crippen molar-refractivity contribution in [2.24, 2.45) is 0 Å². The van der Waals surface area contributed by atoms with E-state index in [0.717, 1.165) is 6.07 Å². The monoisotopic (exact) mass is 608 g/mol. The minimum atomic E-state index is -1.79. The molecule has 2 fully saturated rings. The predicted octanol–water partition coefficient (Wildman–Crippen LogP) is -0.708. The van der Waals surface area contributed by atoms with Crippen molar-refractivity contribution in [1.29, 1.82) is 0 Å². The number of ether oxygens (including phenoxy) is 5. The molecule has 1 aromatic heterocycles. The maximum atomic E-state index is 13.8. The van der Waals surface area contributed by atoms with Gasteiger partial charge in [0.05, 0.1) is 19.3 Å². The van der Waals surface area contributed by atoms with E-state index in [0.29, 0.717) is 5.75 Å². The number of hydrogen-bond acceptors (Lipinski definition) is 15. The summed E-state index contributed by atoms with van der Waals surface area (Å²) in [6.45, 7) is 2.84. The first-order chi connectivity index (χ1) is 20.3. The lowest BCUT2D eigenvalue weighted by Crippen LogP contribution is -2.58. The molecule has 15 heteroatoms. The molecule has 2 aliphatic heterocycles. The van der Waals surface area contributed by atoms with Crippen molar-refractivity contribution in [3.63, 3.8) is 0 Å². The van der Waals surface area contributed by atoms with Crippen molar-refractivity contribution in [2.75, 3.05) is 7.11 Å². The van der Waals surface area contributed by atoms with Crippen LogP contribution in [0.5, 0.6) is 28.7 Å². The molecule has 2 aromatic carbocycles. The van der Waals surface area contributed by atoms with Crippen LogP contribution in [0.2, 0.25) is 0 Å². The lowest BCUT2D eigenvalue weighted by molar-refractivity contribution is -0.268. The van der Waals surface area contributed by atoms with Crippen molar-refractivity contribution < 1.29 is 69.0 Å². The number of aliphatic hydroxyl groups excluding tert-OH is 6. The second-order valence-electron chi connectivity index (χ2n) is 10.4. The van der Waals surface area contributed by atoms with Crippen LogP contribution < -0.4 is 19.6 Å². The Bertz CT molecular complexity index is 1520. The first-order valence-electron chi connectivity index (χ1n) is 13.3. The molecule has 0 saturated carbocycles. The smallest absolute Gasteiger partial charge is 0.239 e. The Morgan fingerprint density at radius 2 is 1.26 bits per heavy atom. The fourth-order valence-corrected chi connectivity index (χ4v) is 4.88. The lowest BCUT2D eigenvalue weighted by atomic mass is 10.00. The third-order valence-corrected chi connectivity index (χ3v) is 7.50. The Morgan fingerprint density at radius 1 is 0.721 bits per heavy atom. The molecule has 10 atom stereocenters. The summed E-state index contributed by atoms with van der Waals surface area (Å²) in [6.07, 6.45) is -15.0. The highest BCUT2D eigenvalue weighted by Crippen LogP contribution is 2.44. The zero-order valence-electron chi connectivity index (χ0n) is 23.1. The summed E-state index contributed by atoms with van der Waals surface area (Å²) in [4.78, 5) is 13.8. The van der Waals surface area contributed by atoms with Gasteiger partial charge in [0.15, 0.2) is 17.3 Å². The van der Waals surface area contributed by atoms with Crippen LogP contribution in [-0.4, -0.2) is 109 Å². The molecule has 0 unspecified atom stereocenters. The summed E-state index contributed by atoms with van der Waals surface area (Å²) in [7, 11) is 1.45. The molecule has 0 radical (unpaired) electrons. The highest BCUT2D eigenvalue weighted by molar-refractivity contribution is 5.91. The molecular weight excluding hydrogens is 576 g/mol. The van der Waals surface area contributed by atoms with E-state index in [1.54, 1.807) is 12.1 Å². The number of methoxy groups -OCH3 is 1. The normalized spacial score (nSPS) is 32.9. The van der Waals surface area contributed by atoms with E-state index < -0.39 is 95.2 Å². The Labute approximate surface area is 243 Å². The summed E-state index contributed by atoms with van der Waals surface area (Å²) in [5, 5.41) is 82.2. The molecule has 8 N–H and O–H groups in total. The average molecular weight is 609 g/mol. The van der Waals surface area contributed by atoms with Gasteiger partial charge in [-0.25, -0.2) is 0 Å². The summed E-state index contributed by atoms with van der Waals surface area (Å²) < 4.78 is 33.3. The van der Waals surface area contributed by atoms with Gasteiger partial charge in [0.2, 0.25) is 29.5 Å². The molecule has 0 aliphatic carbocycles. The Hall–Kier alpha value is -3.67. The quantitative estimate of drug-likeness (QED) is 0.161. The molecule has 2 saturated heterocycles. The molecule has 15 nitrogen and oxygen atoms in total. The first kappa shape index (κ1) is 30.8. The van der Waals surface area contributed by atoms with Gasteiger partial charge in [-0.2, -0.15) is 0 Å². The van der Waals surface area contributed by atoms with E-state index in [1.807, 2.05) is 0 Å². The van der Waals surface area contributed by atoms with E-state index >= 15 is 0 Å². The van der Waals surface area contributed by atoms with Crippen LogP contribution in [-0.2, 0) is 9.47 Å². The standard InChI is InChI=1S/C28H32O15/c1-9-16(29)21(34)23(36)27(39-9)42-14-8-13-15(19(32)18(14)31)20(33)26(25(41-13)11-4-6-12(38-3)7-5-11)43-28-24(37)22(35)17(30)10(2)40-28/h4-10,16-17,21-24,27-32,34-37H,1-3H3/t9-,10-,16-,17-,21+,22+,23+,24+,27-,28-/m0/s1. The summed E-state index contributed by atoms with van der Waals surface area (Å²) in [5.41, 5.74) is -1.07. The molecule has 5 rings (SSSR count). The van der Waals surface area contributed by atoms with E-state index in [9.17, 15) is 45.6 Å². The zero-order chi connectivity index (χ0) is 31.3. The van der Waals surface area contributed by atoms with Gasteiger partial charge >= 0.3 is 0 Å². The molecule has 43 heavy (non-hydrogen) atoms. The third kappa shape index (κ3) is 5.45. The highest BCUT2D eigenvalue weighted by Gasteiger charge is 2.45. The van der Waals surface area contributed by atoms with Gasteiger partial charge < -0.3 is 69.0 Å². The highest BCUT2D eigenvalue weighted by atomic mass is 16.7. The van der Waals surface area contributed by atoms with Crippen molar-refractivity contribution in [2.45, 2.75) is 75.3 Å².